The zero-order valence-corrected chi connectivity index (χ0v) is 7.81. The summed E-state index contributed by atoms with van der Waals surface area (Å²) in [6, 6.07) is 1.25. The van der Waals surface area contributed by atoms with Crippen LogP contribution in [0.4, 0.5) is 8.78 Å². The van der Waals surface area contributed by atoms with Crippen molar-refractivity contribution >= 4 is 0 Å². The second-order valence-electron chi connectivity index (χ2n) is 4.39. The molecule has 0 radical (unpaired) electrons. The molecule has 3 heteroatoms. The maximum Gasteiger partial charge on any atom is 0.241 e. The summed E-state index contributed by atoms with van der Waals surface area (Å²) in [7, 11) is 0. The molecule has 2 fully saturated rings. The third kappa shape index (κ3) is 2.63. The number of rotatable bonds is 3. The molecule has 0 aromatic rings. The molecule has 0 aliphatic heterocycles. The average Bonchev–Trinajstić information content (AvgIpc) is 2.89. The van der Waals surface area contributed by atoms with Crippen LogP contribution in [0.5, 0.6) is 0 Å². The van der Waals surface area contributed by atoms with Gasteiger partial charge in [-0.25, -0.2) is 8.78 Å². The zero-order valence-electron chi connectivity index (χ0n) is 7.81. The average molecular weight is 189 g/mol. The minimum Gasteiger partial charge on any atom is -0.311 e. The van der Waals surface area contributed by atoms with Crippen molar-refractivity contribution in [2.45, 2.75) is 57.0 Å². The van der Waals surface area contributed by atoms with Gasteiger partial charge in [-0.2, -0.15) is 0 Å². The highest BCUT2D eigenvalue weighted by atomic mass is 19.3. The van der Waals surface area contributed by atoms with Crippen LogP contribution in [0.1, 0.15) is 38.5 Å². The van der Waals surface area contributed by atoms with Gasteiger partial charge in [0, 0.05) is 18.0 Å². The monoisotopic (exact) mass is 189 g/mol. The second kappa shape index (κ2) is 3.91. The van der Waals surface area contributed by atoms with E-state index in [1.807, 2.05) is 0 Å². The first-order valence-corrected chi connectivity index (χ1v) is 5.30. The molecule has 0 atom stereocenters. The van der Waals surface area contributed by atoms with Crippen LogP contribution in [-0.4, -0.2) is 18.5 Å². The Kier molecular flexibility index (Phi) is 2.82. The van der Waals surface area contributed by atoms with Crippen molar-refractivity contribution in [3.05, 3.63) is 0 Å². The van der Waals surface area contributed by atoms with Crippen molar-refractivity contribution in [1.82, 2.24) is 5.32 Å². The molecule has 0 spiro atoms. The van der Waals surface area contributed by atoms with Crippen LogP contribution in [0.15, 0.2) is 0 Å². The third-order valence-corrected chi connectivity index (χ3v) is 3.18. The van der Waals surface area contributed by atoms with Gasteiger partial charge in [0.05, 0.1) is 0 Å². The molecule has 1 nitrogen and oxygen atoms in total. The molecule has 0 amide bonds. The lowest BCUT2D eigenvalue weighted by atomic mass is 9.86. The zero-order chi connectivity index (χ0) is 9.26. The van der Waals surface area contributed by atoms with Crippen LogP contribution < -0.4 is 5.32 Å². The van der Waals surface area contributed by atoms with Crippen molar-refractivity contribution < 1.29 is 8.78 Å². The van der Waals surface area contributed by atoms with E-state index >= 15 is 0 Å². The number of hydrogen-bond acceptors (Lipinski definition) is 1. The van der Waals surface area contributed by atoms with Gasteiger partial charge in [0.25, 0.3) is 0 Å². The highest BCUT2D eigenvalue weighted by Gasteiger charge is 2.30. The summed E-state index contributed by atoms with van der Waals surface area (Å²) in [5.41, 5.74) is 0. The lowest BCUT2D eigenvalue weighted by Gasteiger charge is -2.28. The predicted molar refractivity (Wildman–Crippen MR) is 47.9 cm³/mol. The van der Waals surface area contributed by atoms with Gasteiger partial charge in [-0.05, 0) is 38.5 Å². The van der Waals surface area contributed by atoms with Crippen molar-refractivity contribution in [3.63, 3.8) is 0 Å². The molecule has 76 valence electrons. The number of hydrogen-bond donors (Lipinski definition) is 1. The van der Waals surface area contributed by atoms with E-state index in [0.29, 0.717) is 24.9 Å². The Bertz CT molecular complexity index is 160. The third-order valence-electron chi connectivity index (χ3n) is 3.18. The summed E-state index contributed by atoms with van der Waals surface area (Å²) < 4.78 is 24.6. The fourth-order valence-corrected chi connectivity index (χ4v) is 2.12. The summed E-state index contributed by atoms with van der Waals surface area (Å²) in [5.74, 6) is -0.322. The van der Waals surface area contributed by atoms with Crippen LogP contribution in [0.3, 0.4) is 0 Å². The van der Waals surface area contributed by atoms with E-state index in [4.69, 9.17) is 0 Å². The molecular formula is C10H17F2N. The molecule has 0 saturated heterocycles. The lowest BCUT2D eigenvalue weighted by Crippen LogP contribution is -2.35. The van der Waals surface area contributed by atoms with Gasteiger partial charge in [0.15, 0.2) is 0 Å². The Hall–Kier alpha value is -0.180. The molecule has 2 rings (SSSR count). The van der Waals surface area contributed by atoms with Crippen molar-refractivity contribution in [1.29, 1.82) is 0 Å². The van der Waals surface area contributed by atoms with Crippen molar-refractivity contribution in [2.75, 3.05) is 0 Å². The fraction of sp³-hybridized carbons (Fsp3) is 1.00. The molecular weight excluding hydrogens is 172 g/mol. The standard InChI is InChI=1S/C10H17F2N/c11-10(12)7-1-3-8(4-2-7)13-9-5-6-9/h7-10,13H,1-6H2. The first kappa shape index (κ1) is 9.38. The molecule has 0 aromatic heterocycles. The maximum atomic E-state index is 12.3. The second-order valence-corrected chi connectivity index (χ2v) is 4.39. The fourth-order valence-electron chi connectivity index (χ4n) is 2.12. The van der Waals surface area contributed by atoms with Gasteiger partial charge in [0.2, 0.25) is 6.43 Å². The molecule has 2 saturated carbocycles. The molecule has 1 N–H and O–H groups in total. The molecule has 2 aliphatic rings. The van der Waals surface area contributed by atoms with Gasteiger partial charge in [-0.1, -0.05) is 0 Å². The van der Waals surface area contributed by atoms with Crippen LogP contribution >= 0.6 is 0 Å². The molecule has 2 aliphatic carbocycles. The first-order valence-electron chi connectivity index (χ1n) is 5.30. The number of halogens is 2. The Labute approximate surface area is 77.9 Å². The van der Waals surface area contributed by atoms with Crippen molar-refractivity contribution in [3.8, 4) is 0 Å². The molecule has 0 heterocycles. The van der Waals surface area contributed by atoms with Crippen LogP contribution in [0, 0.1) is 5.92 Å². The van der Waals surface area contributed by atoms with E-state index in [-0.39, 0.29) is 5.92 Å². The summed E-state index contributed by atoms with van der Waals surface area (Å²) in [4.78, 5) is 0. The number of nitrogens with one attached hydrogen (secondary N) is 1. The van der Waals surface area contributed by atoms with Gasteiger partial charge < -0.3 is 5.32 Å². The molecule has 0 bridgehead atoms. The molecule has 0 aromatic carbocycles. The lowest BCUT2D eigenvalue weighted by molar-refractivity contribution is 0.0506. The summed E-state index contributed by atoms with van der Waals surface area (Å²) in [5, 5.41) is 3.51. The van der Waals surface area contributed by atoms with E-state index in [0.717, 1.165) is 12.8 Å². The summed E-state index contributed by atoms with van der Waals surface area (Å²) in [6.07, 6.45) is 3.80. The Morgan fingerprint density at radius 2 is 1.31 bits per heavy atom. The molecule has 0 unspecified atom stereocenters. The Morgan fingerprint density at radius 3 is 1.69 bits per heavy atom. The van der Waals surface area contributed by atoms with Gasteiger partial charge in [0.1, 0.15) is 0 Å². The predicted octanol–water partition coefficient (Wildman–Crippen LogP) is 2.56. The summed E-state index contributed by atoms with van der Waals surface area (Å²) >= 11 is 0. The Balaban J connectivity index is 1.69. The Morgan fingerprint density at radius 1 is 0.846 bits per heavy atom. The first-order chi connectivity index (χ1) is 6.25. The van der Waals surface area contributed by atoms with E-state index in [9.17, 15) is 8.78 Å². The van der Waals surface area contributed by atoms with Crippen LogP contribution in [0.25, 0.3) is 0 Å². The quantitative estimate of drug-likeness (QED) is 0.719. The minimum absolute atomic E-state index is 0.322. The largest absolute Gasteiger partial charge is 0.311 e. The van der Waals surface area contributed by atoms with Gasteiger partial charge in [-0.15, -0.1) is 0 Å². The van der Waals surface area contributed by atoms with Crippen LogP contribution in [0.2, 0.25) is 0 Å². The maximum absolute atomic E-state index is 12.3. The SMILES string of the molecule is FC(F)C1CCC(NC2CC2)CC1. The van der Waals surface area contributed by atoms with Crippen molar-refractivity contribution in [2.24, 2.45) is 5.92 Å². The summed E-state index contributed by atoms with van der Waals surface area (Å²) in [6.45, 7) is 0. The van der Waals surface area contributed by atoms with Crippen LogP contribution in [-0.2, 0) is 0 Å². The van der Waals surface area contributed by atoms with Gasteiger partial charge >= 0.3 is 0 Å². The number of alkyl halides is 2. The van der Waals surface area contributed by atoms with Gasteiger partial charge in [-0.3, -0.25) is 0 Å². The highest BCUT2D eigenvalue weighted by molar-refractivity contribution is 4.87. The normalized spacial score (nSPS) is 35.3. The van der Waals surface area contributed by atoms with E-state index in [1.54, 1.807) is 0 Å². The van der Waals surface area contributed by atoms with E-state index < -0.39 is 6.43 Å². The van der Waals surface area contributed by atoms with E-state index in [2.05, 4.69) is 5.32 Å². The van der Waals surface area contributed by atoms with E-state index in [1.165, 1.54) is 12.8 Å². The smallest absolute Gasteiger partial charge is 0.241 e. The molecule has 13 heavy (non-hydrogen) atoms. The topological polar surface area (TPSA) is 12.0 Å². The minimum atomic E-state index is -2.10. The highest BCUT2D eigenvalue weighted by Crippen LogP contribution is 2.31.